The van der Waals surface area contributed by atoms with Gasteiger partial charge >= 0.3 is 0 Å². The van der Waals surface area contributed by atoms with Gasteiger partial charge < -0.3 is 19.9 Å². The van der Waals surface area contributed by atoms with E-state index in [0.29, 0.717) is 37.8 Å². The largest absolute Gasteiger partial charge is 0.378 e. The highest BCUT2D eigenvalue weighted by Crippen LogP contribution is 2.35. The molecule has 0 radical (unpaired) electrons. The predicted octanol–water partition coefficient (Wildman–Crippen LogP) is 0.455. The van der Waals surface area contributed by atoms with Gasteiger partial charge in [-0.25, -0.2) is 9.97 Å². The maximum atomic E-state index is 11.3. The van der Waals surface area contributed by atoms with Crippen LogP contribution in [0.3, 0.4) is 0 Å². The molecule has 0 bridgehead atoms. The monoisotopic (exact) mass is 516 g/mol. The maximum absolute atomic E-state index is 11.3. The van der Waals surface area contributed by atoms with Gasteiger partial charge in [0.25, 0.3) is 0 Å². The molecule has 1 aromatic carbocycles. The number of primary amides is 1. The Morgan fingerprint density at radius 3 is 2.53 bits per heavy atom. The van der Waals surface area contributed by atoms with Crippen molar-refractivity contribution in [2.75, 3.05) is 50.8 Å². The topological polar surface area (TPSA) is 123 Å². The summed E-state index contributed by atoms with van der Waals surface area (Å²) in [6.45, 7) is 7.79. The third kappa shape index (κ3) is 3.66. The zero-order valence-corrected chi connectivity index (χ0v) is 21.7. The van der Waals surface area contributed by atoms with Crippen LogP contribution in [0.4, 0.5) is 5.82 Å². The smallest absolute Gasteiger partial charge is 0.239 e. The van der Waals surface area contributed by atoms with Crippen molar-refractivity contribution in [2.24, 2.45) is 12.8 Å². The Labute approximate surface area is 220 Å². The fourth-order valence-electron chi connectivity index (χ4n) is 6.04. The molecule has 3 aliphatic heterocycles. The van der Waals surface area contributed by atoms with E-state index in [-0.39, 0.29) is 5.91 Å². The average molecular weight is 517 g/mol. The summed E-state index contributed by atoms with van der Waals surface area (Å²) in [6, 6.07) is 8.98. The summed E-state index contributed by atoms with van der Waals surface area (Å²) in [4.78, 5) is 38.3. The van der Waals surface area contributed by atoms with Gasteiger partial charge in [-0.1, -0.05) is 19.1 Å². The predicted molar refractivity (Wildman–Crippen MR) is 142 cm³/mol. The Bertz CT molecular complexity index is 1540. The van der Waals surface area contributed by atoms with Crippen molar-refractivity contribution in [1.82, 2.24) is 38.9 Å². The number of nitrogens with zero attached hydrogens (tertiary/aromatic N) is 9. The van der Waals surface area contributed by atoms with Crippen molar-refractivity contribution in [1.29, 1.82) is 0 Å². The highest BCUT2D eigenvalue weighted by atomic mass is 16.5. The van der Waals surface area contributed by atoms with Gasteiger partial charge in [0.05, 0.1) is 37.3 Å². The highest BCUT2D eigenvalue weighted by Gasteiger charge is 2.51. The zero-order chi connectivity index (χ0) is 26.0. The van der Waals surface area contributed by atoms with Gasteiger partial charge in [0, 0.05) is 51.7 Å². The lowest BCUT2D eigenvalue weighted by atomic mass is 9.85. The first-order valence-corrected chi connectivity index (χ1v) is 13.3. The van der Waals surface area contributed by atoms with Crippen LogP contribution in [0.2, 0.25) is 0 Å². The van der Waals surface area contributed by atoms with E-state index in [1.54, 1.807) is 0 Å². The number of aromatic nitrogens is 6. The summed E-state index contributed by atoms with van der Waals surface area (Å²) < 4.78 is 9.81. The second-order valence-corrected chi connectivity index (χ2v) is 10.4. The lowest BCUT2D eigenvalue weighted by Gasteiger charge is -2.61. The lowest BCUT2D eigenvalue weighted by Crippen LogP contribution is -2.78. The number of hydrogen-bond donors (Lipinski definition) is 1. The van der Waals surface area contributed by atoms with E-state index in [9.17, 15) is 4.79 Å². The molecule has 0 spiro atoms. The number of carbonyl (C=O) groups excluding carboxylic acids is 1. The molecule has 1 amide bonds. The lowest BCUT2D eigenvalue weighted by molar-refractivity contribution is -0.143. The minimum absolute atomic E-state index is 0.265. The van der Waals surface area contributed by atoms with Crippen LogP contribution < -0.4 is 10.6 Å². The number of fused-ring (bicyclic) bond motifs is 3. The van der Waals surface area contributed by atoms with E-state index < -0.39 is 0 Å². The van der Waals surface area contributed by atoms with Crippen LogP contribution >= 0.6 is 0 Å². The molecular weight excluding hydrogens is 484 g/mol. The van der Waals surface area contributed by atoms with Gasteiger partial charge in [-0.15, -0.1) is 0 Å². The number of amides is 1. The van der Waals surface area contributed by atoms with Gasteiger partial charge in [-0.2, -0.15) is 9.97 Å². The van der Waals surface area contributed by atoms with Crippen molar-refractivity contribution < 1.29 is 9.53 Å². The minimum atomic E-state index is -0.265. The molecule has 12 nitrogen and oxygen atoms in total. The van der Waals surface area contributed by atoms with Crippen molar-refractivity contribution in [2.45, 2.75) is 32.0 Å². The van der Waals surface area contributed by atoms with Crippen LogP contribution in [0.5, 0.6) is 0 Å². The average Bonchev–Trinajstić information content (AvgIpc) is 3.45. The SMILES string of the molecule is CCc1nc2ccccc2n1-c1nc(N2CCOCC2)c2nc(CN3CC4C3CN4CC(N)=O)n(C)c2n1. The molecule has 3 aromatic heterocycles. The molecule has 38 heavy (non-hydrogen) atoms. The number of nitrogens with two attached hydrogens (primary N) is 1. The molecule has 2 N–H and O–H groups in total. The van der Waals surface area contributed by atoms with E-state index in [1.165, 1.54) is 0 Å². The Balaban J connectivity index is 1.28. The number of anilines is 1. The second kappa shape index (κ2) is 9.00. The molecule has 0 saturated carbocycles. The number of rotatable bonds is 7. The third-order valence-corrected chi connectivity index (χ3v) is 8.17. The van der Waals surface area contributed by atoms with Crippen molar-refractivity contribution in [3.05, 3.63) is 35.9 Å². The fraction of sp³-hybridized carbons (Fsp3) is 0.500. The molecule has 7 rings (SSSR count). The van der Waals surface area contributed by atoms with E-state index in [2.05, 4.69) is 36.8 Å². The Morgan fingerprint density at radius 2 is 1.79 bits per heavy atom. The number of para-hydroxylation sites is 2. The van der Waals surface area contributed by atoms with Crippen molar-refractivity contribution >= 4 is 33.9 Å². The Kier molecular flexibility index (Phi) is 5.57. The molecule has 3 aliphatic rings. The van der Waals surface area contributed by atoms with Gasteiger partial charge in [0.1, 0.15) is 11.6 Å². The third-order valence-electron chi connectivity index (χ3n) is 8.17. The quantitative estimate of drug-likeness (QED) is 0.373. The van der Waals surface area contributed by atoms with Crippen molar-refractivity contribution in [3.8, 4) is 5.95 Å². The number of carbonyl (C=O) groups is 1. The molecule has 12 heteroatoms. The van der Waals surface area contributed by atoms with Gasteiger partial charge in [0.2, 0.25) is 11.9 Å². The summed E-state index contributed by atoms with van der Waals surface area (Å²) >= 11 is 0. The summed E-state index contributed by atoms with van der Waals surface area (Å²) in [5.74, 6) is 3.08. The molecular formula is C26H32N10O2. The maximum Gasteiger partial charge on any atom is 0.239 e. The van der Waals surface area contributed by atoms with Crippen LogP contribution in [0.15, 0.2) is 24.3 Å². The number of ether oxygens (including phenoxy) is 1. The van der Waals surface area contributed by atoms with E-state index in [4.69, 9.17) is 30.4 Å². The van der Waals surface area contributed by atoms with Crippen LogP contribution in [-0.2, 0) is 29.5 Å². The first-order valence-electron chi connectivity index (χ1n) is 13.3. The van der Waals surface area contributed by atoms with Crippen LogP contribution in [0, 0.1) is 0 Å². The van der Waals surface area contributed by atoms with Gasteiger partial charge in [-0.3, -0.25) is 19.2 Å². The zero-order valence-electron chi connectivity index (χ0n) is 21.7. The summed E-state index contributed by atoms with van der Waals surface area (Å²) in [6.07, 6.45) is 0.768. The first-order chi connectivity index (χ1) is 18.5. The summed E-state index contributed by atoms with van der Waals surface area (Å²) in [5.41, 5.74) is 8.95. The number of piperazine rings is 1. The van der Waals surface area contributed by atoms with Crippen LogP contribution in [-0.4, -0.2) is 103 Å². The number of benzene rings is 1. The first kappa shape index (κ1) is 23.5. The number of likely N-dealkylation sites (tertiary alicyclic amines) is 2. The summed E-state index contributed by atoms with van der Waals surface area (Å²) in [5, 5.41) is 0. The molecule has 2 atom stereocenters. The number of aryl methyl sites for hydroxylation is 2. The molecule has 198 valence electrons. The molecule has 4 aromatic rings. The summed E-state index contributed by atoms with van der Waals surface area (Å²) in [7, 11) is 2.04. The second-order valence-electron chi connectivity index (χ2n) is 10.4. The highest BCUT2D eigenvalue weighted by molar-refractivity contribution is 5.86. The van der Waals surface area contributed by atoms with Crippen molar-refractivity contribution in [3.63, 3.8) is 0 Å². The van der Waals surface area contributed by atoms with Crippen LogP contribution in [0.25, 0.3) is 28.1 Å². The van der Waals surface area contributed by atoms with Gasteiger partial charge in [0.15, 0.2) is 17.0 Å². The normalized spacial score (nSPS) is 22.0. The molecule has 6 heterocycles. The fourth-order valence-corrected chi connectivity index (χ4v) is 6.04. The van der Waals surface area contributed by atoms with Crippen LogP contribution in [0.1, 0.15) is 18.6 Å². The number of imidazole rings is 2. The standard InChI is InChI=1S/C26H32N10O2/c1-3-21-28-16-6-4-5-7-17(16)36(21)26-30-24-23(25(31-26)33-8-10-38-11-9-33)29-22(32(24)2)15-35-13-18-19(35)12-34(18)14-20(27)37/h4-7,18-19H,3,8-15H2,1-2H3,(H2,27,37). The van der Waals surface area contributed by atoms with E-state index in [1.807, 2.05) is 25.2 Å². The Hall–Kier alpha value is -3.61. The van der Waals surface area contributed by atoms with Gasteiger partial charge in [-0.05, 0) is 12.1 Å². The van der Waals surface area contributed by atoms with E-state index in [0.717, 1.165) is 78.8 Å². The minimum Gasteiger partial charge on any atom is -0.378 e. The molecule has 2 unspecified atom stereocenters. The van der Waals surface area contributed by atoms with E-state index >= 15 is 0 Å². The number of hydrogen-bond acceptors (Lipinski definition) is 9. The molecule has 0 aliphatic carbocycles. The molecule has 3 saturated heterocycles. The Morgan fingerprint density at radius 1 is 1.03 bits per heavy atom. The number of morpholine rings is 1. The molecule has 3 fully saturated rings.